The SMILES string of the molecule is CCCCCN1C(=O)CCC(CC)(c2ccncc2)C1=O. The van der Waals surface area contributed by atoms with Gasteiger partial charge in [-0.2, -0.15) is 0 Å². The second-order valence-corrected chi connectivity index (χ2v) is 5.73. The first kappa shape index (κ1) is 15.7. The van der Waals surface area contributed by atoms with Crippen LogP contribution in [-0.4, -0.2) is 28.2 Å². The summed E-state index contributed by atoms with van der Waals surface area (Å²) in [5.74, 6) is -0.0437. The summed E-state index contributed by atoms with van der Waals surface area (Å²) in [7, 11) is 0. The molecule has 0 spiro atoms. The minimum absolute atomic E-state index is 0.0192. The fourth-order valence-electron chi connectivity index (χ4n) is 3.15. The number of aromatic nitrogens is 1. The molecule has 2 rings (SSSR count). The Morgan fingerprint density at radius 3 is 2.52 bits per heavy atom. The Kier molecular flexibility index (Phi) is 5.10. The fourth-order valence-corrected chi connectivity index (χ4v) is 3.15. The molecule has 2 heterocycles. The summed E-state index contributed by atoms with van der Waals surface area (Å²) < 4.78 is 0. The zero-order valence-electron chi connectivity index (χ0n) is 13.0. The summed E-state index contributed by atoms with van der Waals surface area (Å²) in [6.07, 6.45) is 8.24. The van der Waals surface area contributed by atoms with Crippen LogP contribution in [0.5, 0.6) is 0 Å². The Bertz CT molecular complexity index is 501. The molecule has 2 amide bonds. The molecule has 114 valence electrons. The first-order valence-corrected chi connectivity index (χ1v) is 7.91. The number of hydrogen-bond donors (Lipinski definition) is 0. The molecule has 1 unspecified atom stereocenters. The molecule has 0 radical (unpaired) electrons. The number of carbonyl (C=O) groups excluding carboxylic acids is 2. The molecule has 0 aromatic carbocycles. The Labute approximate surface area is 126 Å². The van der Waals surface area contributed by atoms with Crippen molar-refractivity contribution in [2.75, 3.05) is 6.54 Å². The largest absolute Gasteiger partial charge is 0.282 e. The molecule has 0 bridgehead atoms. The molecule has 1 aliphatic rings. The van der Waals surface area contributed by atoms with E-state index in [4.69, 9.17) is 0 Å². The summed E-state index contributed by atoms with van der Waals surface area (Å²) in [4.78, 5) is 30.6. The molecule has 21 heavy (non-hydrogen) atoms. The van der Waals surface area contributed by atoms with Crippen molar-refractivity contribution < 1.29 is 9.59 Å². The van der Waals surface area contributed by atoms with Crippen molar-refractivity contribution in [2.45, 2.75) is 57.8 Å². The van der Waals surface area contributed by atoms with Gasteiger partial charge in [-0.1, -0.05) is 26.7 Å². The summed E-state index contributed by atoms with van der Waals surface area (Å²) in [6.45, 7) is 4.70. The smallest absolute Gasteiger partial charge is 0.239 e. The van der Waals surface area contributed by atoms with Crippen molar-refractivity contribution in [2.24, 2.45) is 0 Å². The van der Waals surface area contributed by atoms with Gasteiger partial charge in [0, 0.05) is 25.4 Å². The van der Waals surface area contributed by atoms with Crippen LogP contribution in [0.4, 0.5) is 0 Å². The van der Waals surface area contributed by atoms with Crippen LogP contribution in [0.3, 0.4) is 0 Å². The highest BCUT2D eigenvalue weighted by molar-refractivity contribution is 6.03. The normalized spacial score (nSPS) is 22.7. The molecule has 4 nitrogen and oxygen atoms in total. The molecule has 0 aliphatic carbocycles. The molecule has 1 saturated heterocycles. The van der Waals surface area contributed by atoms with Gasteiger partial charge in [0.25, 0.3) is 0 Å². The van der Waals surface area contributed by atoms with Crippen molar-refractivity contribution in [3.63, 3.8) is 0 Å². The minimum Gasteiger partial charge on any atom is -0.282 e. The van der Waals surface area contributed by atoms with Gasteiger partial charge in [0.05, 0.1) is 5.41 Å². The molecule has 1 aliphatic heterocycles. The van der Waals surface area contributed by atoms with Crippen LogP contribution in [0.25, 0.3) is 0 Å². The van der Waals surface area contributed by atoms with Gasteiger partial charge in [-0.15, -0.1) is 0 Å². The first-order chi connectivity index (χ1) is 10.2. The number of carbonyl (C=O) groups is 2. The quantitative estimate of drug-likeness (QED) is 0.597. The summed E-state index contributed by atoms with van der Waals surface area (Å²) in [5, 5.41) is 0. The van der Waals surface area contributed by atoms with Crippen LogP contribution in [0.15, 0.2) is 24.5 Å². The molecule has 1 aromatic heterocycles. The van der Waals surface area contributed by atoms with E-state index < -0.39 is 5.41 Å². The van der Waals surface area contributed by atoms with Gasteiger partial charge in [0.1, 0.15) is 0 Å². The van der Waals surface area contributed by atoms with E-state index in [9.17, 15) is 9.59 Å². The second-order valence-electron chi connectivity index (χ2n) is 5.73. The lowest BCUT2D eigenvalue weighted by Gasteiger charge is -2.40. The zero-order valence-corrected chi connectivity index (χ0v) is 13.0. The maximum atomic E-state index is 13.0. The minimum atomic E-state index is -0.553. The van der Waals surface area contributed by atoms with Gasteiger partial charge in [-0.25, -0.2) is 0 Å². The lowest BCUT2D eigenvalue weighted by Crippen LogP contribution is -2.54. The van der Waals surface area contributed by atoms with Gasteiger partial charge >= 0.3 is 0 Å². The number of likely N-dealkylation sites (tertiary alicyclic amines) is 1. The van der Waals surface area contributed by atoms with Crippen molar-refractivity contribution >= 4 is 11.8 Å². The van der Waals surface area contributed by atoms with Crippen molar-refractivity contribution in [3.05, 3.63) is 30.1 Å². The lowest BCUT2D eigenvalue weighted by atomic mass is 9.71. The highest BCUT2D eigenvalue weighted by atomic mass is 16.2. The van der Waals surface area contributed by atoms with Crippen LogP contribution in [0.2, 0.25) is 0 Å². The van der Waals surface area contributed by atoms with Gasteiger partial charge in [0.2, 0.25) is 11.8 Å². The van der Waals surface area contributed by atoms with Crippen LogP contribution in [0, 0.1) is 0 Å². The number of hydrogen-bond acceptors (Lipinski definition) is 3. The average Bonchev–Trinajstić information content (AvgIpc) is 2.52. The maximum Gasteiger partial charge on any atom is 0.239 e. The molecule has 1 aromatic rings. The molecule has 0 N–H and O–H groups in total. The summed E-state index contributed by atoms with van der Waals surface area (Å²) in [5.41, 5.74) is 0.432. The van der Waals surface area contributed by atoms with E-state index in [-0.39, 0.29) is 11.8 Å². The molecule has 1 fully saturated rings. The molecule has 0 saturated carbocycles. The number of nitrogens with zero attached hydrogens (tertiary/aromatic N) is 2. The fraction of sp³-hybridized carbons (Fsp3) is 0.588. The van der Waals surface area contributed by atoms with E-state index in [1.165, 1.54) is 4.90 Å². The van der Waals surface area contributed by atoms with Crippen LogP contribution in [-0.2, 0) is 15.0 Å². The first-order valence-electron chi connectivity index (χ1n) is 7.91. The Morgan fingerprint density at radius 2 is 1.90 bits per heavy atom. The molecular formula is C17H24N2O2. The van der Waals surface area contributed by atoms with Gasteiger partial charge in [0.15, 0.2) is 0 Å². The topological polar surface area (TPSA) is 50.3 Å². The Hall–Kier alpha value is -1.71. The standard InChI is InChI=1S/C17H24N2O2/c1-3-5-6-13-19-15(20)7-10-17(4-2,16(19)21)14-8-11-18-12-9-14/h8-9,11-12H,3-7,10,13H2,1-2H3. The van der Waals surface area contributed by atoms with Crippen molar-refractivity contribution in [3.8, 4) is 0 Å². The predicted octanol–water partition coefficient (Wildman–Crippen LogP) is 3.07. The number of rotatable bonds is 6. The average molecular weight is 288 g/mol. The lowest BCUT2D eigenvalue weighted by molar-refractivity contribution is -0.153. The highest BCUT2D eigenvalue weighted by Crippen LogP contribution is 2.38. The third-order valence-corrected chi connectivity index (χ3v) is 4.54. The monoisotopic (exact) mass is 288 g/mol. The second kappa shape index (κ2) is 6.83. The van der Waals surface area contributed by atoms with Crippen molar-refractivity contribution in [1.82, 2.24) is 9.88 Å². The predicted molar refractivity (Wildman–Crippen MR) is 81.7 cm³/mol. The van der Waals surface area contributed by atoms with Gasteiger partial charge in [-0.05, 0) is 37.0 Å². The molecule has 1 atom stereocenters. The Morgan fingerprint density at radius 1 is 1.19 bits per heavy atom. The summed E-state index contributed by atoms with van der Waals surface area (Å²) >= 11 is 0. The number of imide groups is 1. The number of pyridine rings is 1. The number of unbranched alkanes of at least 4 members (excludes halogenated alkanes) is 2. The number of piperidine rings is 1. The van der Waals surface area contributed by atoms with E-state index in [2.05, 4.69) is 11.9 Å². The third-order valence-electron chi connectivity index (χ3n) is 4.54. The molecular weight excluding hydrogens is 264 g/mol. The highest BCUT2D eigenvalue weighted by Gasteiger charge is 2.46. The zero-order chi connectivity index (χ0) is 15.3. The number of amides is 2. The van der Waals surface area contributed by atoms with E-state index in [0.29, 0.717) is 25.8 Å². The maximum absolute atomic E-state index is 13.0. The van der Waals surface area contributed by atoms with Gasteiger partial charge < -0.3 is 0 Å². The van der Waals surface area contributed by atoms with E-state index >= 15 is 0 Å². The summed E-state index contributed by atoms with van der Waals surface area (Å²) in [6, 6.07) is 3.81. The third kappa shape index (κ3) is 2.99. The Balaban J connectivity index is 2.26. The van der Waals surface area contributed by atoms with E-state index in [0.717, 1.165) is 24.8 Å². The van der Waals surface area contributed by atoms with Crippen molar-refractivity contribution in [1.29, 1.82) is 0 Å². The van der Waals surface area contributed by atoms with Crippen LogP contribution >= 0.6 is 0 Å². The molecule has 4 heteroatoms. The van der Waals surface area contributed by atoms with Crippen LogP contribution in [0.1, 0.15) is 57.9 Å². The van der Waals surface area contributed by atoms with E-state index in [1.807, 2.05) is 19.1 Å². The van der Waals surface area contributed by atoms with Gasteiger partial charge in [-0.3, -0.25) is 19.5 Å². The van der Waals surface area contributed by atoms with E-state index in [1.54, 1.807) is 12.4 Å². The van der Waals surface area contributed by atoms with Crippen LogP contribution < -0.4 is 0 Å².